The summed E-state index contributed by atoms with van der Waals surface area (Å²) < 4.78 is 41.7. The van der Waals surface area contributed by atoms with Crippen molar-refractivity contribution in [3.05, 3.63) is 56.7 Å². The van der Waals surface area contributed by atoms with E-state index in [0.717, 1.165) is 0 Å². The highest BCUT2D eigenvalue weighted by Gasteiger charge is 2.20. The molecule has 0 unspecified atom stereocenters. The fourth-order valence-electron chi connectivity index (χ4n) is 1.63. The van der Waals surface area contributed by atoms with E-state index in [1.807, 2.05) is 0 Å². The van der Waals surface area contributed by atoms with Crippen LogP contribution >= 0.6 is 31.9 Å². The van der Waals surface area contributed by atoms with E-state index in [1.165, 1.54) is 18.2 Å². The highest BCUT2D eigenvalue weighted by Crippen LogP contribution is 2.29. The topological polar surface area (TPSA) is 46.2 Å². The Bertz CT molecular complexity index is 743. The lowest BCUT2D eigenvalue weighted by Gasteiger charge is -2.12. The average Bonchev–Trinajstić information content (AvgIpc) is 2.37. The Morgan fingerprint density at radius 2 is 1.85 bits per heavy atom. The molecule has 0 heterocycles. The van der Waals surface area contributed by atoms with E-state index < -0.39 is 15.8 Å². The van der Waals surface area contributed by atoms with Gasteiger partial charge in [-0.25, -0.2) is 12.8 Å². The number of hydrogen-bond donors (Lipinski definition) is 1. The second-order valence-electron chi connectivity index (χ2n) is 4.11. The second kappa shape index (κ2) is 5.83. The molecule has 2 aromatic carbocycles. The van der Waals surface area contributed by atoms with E-state index in [4.69, 9.17) is 0 Å². The first kappa shape index (κ1) is 15.5. The number of rotatable bonds is 3. The largest absolute Gasteiger partial charge is 0.276 e. The molecule has 20 heavy (non-hydrogen) atoms. The van der Waals surface area contributed by atoms with Crippen molar-refractivity contribution in [1.29, 1.82) is 0 Å². The van der Waals surface area contributed by atoms with E-state index in [2.05, 4.69) is 36.6 Å². The zero-order valence-corrected chi connectivity index (χ0v) is 14.3. The van der Waals surface area contributed by atoms with Crippen molar-refractivity contribution in [2.75, 3.05) is 4.72 Å². The summed E-state index contributed by atoms with van der Waals surface area (Å²) in [5, 5.41) is 0. The maximum Gasteiger partial charge on any atom is 0.263 e. The van der Waals surface area contributed by atoms with Crippen LogP contribution in [0.5, 0.6) is 0 Å². The Hall–Kier alpha value is -0.920. The summed E-state index contributed by atoms with van der Waals surface area (Å²) in [6, 6.07) is 9.13. The van der Waals surface area contributed by atoms with Crippen LogP contribution in [0.1, 0.15) is 5.56 Å². The third kappa shape index (κ3) is 3.21. The molecule has 0 radical (unpaired) electrons. The van der Waals surface area contributed by atoms with Crippen molar-refractivity contribution >= 4 is 47.6 Å². The number of aryl methyl sites for hydroxylation is 1. The van der Waals surface area contributed by atoms with Crippen LogP contribution < -0.4 is 4.72 Å². The molecule has 0 atom stereocenters. The first-order valence-corrected chi connectivity index (χ1v) is 8.61. The third-order valence-corrected chi connectivity index (χ3v) is 5.48. The third-order valence-electron chi connectivity index (χ3n) is 2.64. The monoisotopic (exact) mass is 421 g/mol. The molecule has 0 aliphatic heterocycles. The van der Waals surface area contributed by atoms with Crippen molar-refractivity contribution in [3.63, 3.8) is 0 Å². The molecule has 0 fully saturated rings. The zero-order valence-electron chi connectivity index (χ0n) is 10.3. The van der Waals surface area contributed by atoms with Crippen LogP contribution in [0.25, 0.3) is 0 Å². The minimum atomic E-state index is -3.88. The predicted octanol–water partition coefficient (Wildman–Crippen LogP) is 4.46. The fraction of sp³-hybridized carbons (Fsp3) is 0.0769. The lowest BCUT2D eigenvalue weighted by Crippen LogP contribution is -2.15. The van der Waals surface area contributed by atoms with Gasteiger partial charge in [0.1, 0.15) is 10.7 Å². The van der Waals surface area contributed by atoms with Crippen molar-refractivity contribution in [2.24, 2.45) is 0 Å². The maximum atomic E-state index is 13.7. The van der Waals surface area contributed by atoms with E-state index >= 15 is 0 Å². The molecule has 7 heteroatoms. The first-order valence-electron chi connectivity index (χ1n) is 5.54. The van der Waals surface area contributed by atoms with Gasteiger partial charge in [0.05, 0.1) is 5.69 Å². The predicted molar refractivity (Wildman–Crippen MR) is 83.8 cm³/mol. The smallest absolute Gasteiger partial charge is 0.263 e. The molecular formula is C13H10Br2FNO2S. The van der Waals surface area contributed by atoms with Crippen LogP contribution in [0.2, 0.25) is 0 Å². The fourth-order valence-corrected chi connectivity index (χ4v) is 4.28. The molecule has 0 saturated heterocycles. The zero-order chi connectivity index (χ0) is 14.9. The highest BCUT2D eigenvalue weighted by molar-refractivity contribution is 9.11. The lowest BCUT2D eigenvalue weighted by atomic mass is 10.2. The average molecular weight is 423 g/mol. The van der Waals surface area contributed by atoms with Gasteiger partial charge in [-0.1, -0.05) is 28.1 Å². The minimum absolute atomic E-state index is 0.0366. The molecule has 1 N–H and O–H groups in total. The van der Waals surface area contributed by atoms with Crippen molar-refractivity contribution in [1.82, 2.24) is 0 Å². The number of para-hydroxylation sites is 1. The number of anilines is 1. The highest BCUT2D eigenvalue weighted by atomic mass is 79.9. The molecule has 2 rings (SSSR count). The van der Waals surface area contributed by atoms with Gasteiger partial charge in [0.25, 0.3) is 10.0 Å². The molecular weight excluding hydrogens is 413 g/mol. The quantitative estimate of drug-likeness (QED) is 0.793. The van der Waals surface area contributed by atoms with Crippen LogP contribution in [0.15, 0.2) is 50.2 Å². The summed E-state index contributed by atoms with van der Waals surface area (Å²) in [5.41, 5.74) is 0.471. The summed E-state index contributed by atoms with van der Waals surface area (Å²) in [5.74, 6) is -0.611. The molecule has 2 aromatic rings. The number of nitrogens with one attached hydrogen (secondary N) is 1. The summed E-state index contributed by atoms with van der Waals surface area (Å²) in [6.45, 7) is 1.64. The Kier molecular flexibility index (Phi) is 4.51. The molecule has 0 bridgehead atoms. The van der Waals surface area contributed by atoms with Crippen molar-refractivity contribution in [2.45, 2.75) is 11.8 Å². The van der Waals surface area contributed by atoms with Crippen molar-refractivity contribution in [3.8, 4) is 0 Å². The molecule has 0 aliphatic rings. The van der Waals surface area contributed by atoms with Crippen LogP contribution in [0.4, 0.5) is 10.1 Å². The molecule has 0 spiro atoms. The number of hydrogen-bond acceptors (Lipinski definition) is 2. The normalized spacial score (nSPS) is 11.4. The minimum Gasteiger partial charge on any atom is -0.276 e. The Labute approximate surface area is 133 Å². The van der Waals surface area contributed by atoms with Crippen LogP contribution in [-0.2, 0) is 10.0 Å². The molecule has 3 nitrogen and oxygen atoms in total. The van der Waals surface area contributed by atoms with Gasteiger partial charge in [0.2, 0.25) is 0 Å². The van der Waals surface area contributed by atoms with Crippen LogP contribution in [0, 0.1) is 12.7 Å². The Morgan fingerprint density at radius 3 is 2.50 bits per heavy atom. The SMILES string of the molecule is Cc1cccc(F)c1NS(=O)(=O)c1cc(Br)ccc1Br. The Balaban J connectivity index is 2.49. The summed E-state index contributed by atoms with van der Waals surface area (Å²) >= 11 is 6.40. The van der Waals surface area contributed by atoms with Gasteiger partial charge < -0.3 is 0 Å². The van der Waals surface area contributed by atoms with E-state index in [0.29, 0.717) is 14.5 Å². The van der Waals surface area contributed by atoms with E-state index in [9.17, 15) is 12.8 Å². The number of benzene rings is 2. The molecule has 106 valence electrons. The second-order valence-corrected chi connectivity index (χ2v) is 7.53. The molecule has 0 saturated carbocycles. The number of halogens is 3. The molecule has 0 aromatic heterocycles. The summed E-state index contributed by atoms with van der Waals surface area (Å²) in [6.07, 6.45) is 0. The van der Waals surface area contributed by atoms with E-state index in [1.54, 1.807) is 25.1 Å². The lowest BCUT2D eigenvalue weighted by molar-refractivity contribution is 0.598. The summed E-state index contributed by atoms with van der Waals surface area (Å²) in [7, 11) is -3.88. The molecule has 0 amide bonds. The van der Waals surface area contributed by atoms with E-state index in [-0.39, 0.29) is 10.6 Å². The van der Waals surface area contributed by atoms with Gasteiger partial charge >= 0.3 is 0 Å². The van der Waals surface area contributed by atoms with Gasteiger partial charge in [-0.15, -0.1) is 0 Å². The van der Waals surface area contributed by atoms with Gasteiger partial charge in [-0.3, -0.25) is 4.72 Å². The number of sulfonamides is 1. The van der Waals surface area contributed by atoms with Gasteiger partial charge in [0, 0.05) is 8.95 Å². The standard InChI is InChI=1S/C13H10Br2FNO2S/c1-8-3-2-4-11(16)13(8)17-20(18,19)12-7-9(14)5-6-10(12)15/h2-7,17H,1H3. The summed E-state index contributed by atoms with van der Waals surface area (Å²) in [4.78, 5) is 0.0366. The van der Waals surface area contributed by atoms with Crippen LogP contribution in [0.3, 0.4) is 0 Å². The van der Waals surface area contributed by atoms with Crippen molar-refractivity contribution < 1.29 is 12.8 Å². The molecule has 0 aliphatic carbocycles. The van der Waals surface area contributed by atoms with Gasteiger partial charge in [-0.05, 0) is 52.7 Å². The van der Waals surface area contributed by atoms with Gasteiger partial charge in [-0.2, -0.15) is 0 Å². The van der Waals surface area contributed by atoms with Crippen LogP contribution in [-0.4, -0.2) is 8.42 Å². The first-order chi connectivity index (χ1) is 9.31. The Morgan fingerprint density at radius 1 is 1.15 bits per heavy atom. The maximum absolute atomic E-state index is 13.7. The van der Waals surface area contributed by atoms with Gasteiger partial charge in [0.15, 0.2) is 0 Å².